The van der Waals surface area contributed by atoms with Gasteiger partial charge in [-0.25, -0.2) is 4.98 Å². The number of nitrogens with zero attached hydrogens (tertiary/aromatic N) is 3. The van der Waals surface area contributed by atoms with Crippen molar-refractivity contribution in [1.29, 1.82) is 0 Å². The molecule has 7 heteroatoms. The van der Waals surface area contributed by atoms with E-state index in [1.165, 1.54) is 23.1 Å². The number of hydrogen-bond acceptors (Lipinski definition) is 5. The van der Waals surface area contributed by atoms with Gasteiger partial charge in [0.15, 0.2) is 5.13 Å². The molecule has 2 aromatic carbocycles. The Morgan fingerprint density at radius 2 is 1.89 bits per heavy atom. The lowest BCUT2D eigenvalue weighted by Gasteiger charge is -2.19. The van der Waals surface area contributed by atoms with Gasteiger partial charge in [-0.2, -0.15) is 0 Å². The number of anilines is 1. The van der Waals surface area contributed by atoms with Crippen molar-refractivity contribution < 1.29 is 4.79 Å². The van der Waals surface area contributed by atoms with Crippen LogP contribution >= 0.6 is 39.0 Å². The zero-order valence-corrected chi connectivity index (χ0v) is 18.0. The summed E-state index contributed by atoms with van der Waals surface area (Å²) in [5, 5.41) is 0.692. The summed E-state index contributed by atoms with van der Waals surface area (Å²) in [5.74, 6) is 0.355. The standard InChI is InChI=1S/C21H16BrN3OS2/c22-15-9-10-18-19(12-15)28-21(24-18)25(13-16-6-4-5-11-23-16)20(26)14-27-17-7-2-1-3-8-17/h1-12H,13-14H2. The zero-order valence-electron chi connectivity index (χ0n) is 14.8. The quantitative estimate of drug-likeness (QED) is 0.335. The van der Waals surface area contributed by atoms with Crippen molar-refractivity contribution in [3.05, 3.63) is 83.1 Å². The summed E-state index contributed by atoms with van der Waals surface area (Å²) in [4.78, 5) is 25.0. The molecule has 0 aliphatic heterocycles. The average molecular weight is 470 g/mol. The molecule has 2 aromatic heterocycles. The number of carbonyl (C=O) groups is 1. The van der Waals surface area contributed by atoms with E-state index in [2.05, 4.69) is 20.9 Å². The van der Waals surface area contributed by atoms with Crippen molar-refractivity contribution in [3.63, 3.8) is 0 Å². The van der Waals surface area contributed by atoms with Gasteiger partial charge in [0.25, 0.3) is 0 Å². The van der Waals surface area contributed by atoms with E-state index >= 15 is 0 Å². The number of halogens is 1. The molecule has 0 atom stereocenters. The van der Waals surface area contributed by atoms with Gasteiger partial charge in [-0.1, -0.05) is 51.5 Å². The number of thiazole rings is 1. The molecule has 4 nitrogen and oxygen atoms in total. The molecule has 0 unspecified atom stereocenters. The van der Waals surface area contributed by atoms with E-state index in [0.29, 0.717) is 17.4 Å². The molecule has 0 fully saturated rings. The van der Waals surface area contributed by atoms with Crippen molar-refractivity contribution >= 4 is 60.3 Å². The van der Waals surface area contributed by atoms with Gasteiger partial charge in [0.1, 0.15) is 0 Å². The van der Waals surface area contributed by atoms with Crippen molar-refractivity contribution in [3.8, 4) is 0 Å². The average Bonchev–Trinajstić information content (AvgIpc) is 3.14. The van der Waals surface area contributed by atoms with E-state index in [9.17, 15) is 4.79 Å². The van der Waals surface area contributed by atoms with Crippen LogP contribution in [0.3, 0.4) is 0 Å². The van der Waals surface area contributed by atoms with E-state index in [1.54, 1.807) is 11.1 Å². The summed E-state index contributed by atoms with van der Waals surface area (Å²) >= 11 is 6.54. The molecule has 2 heterocycles. The lowest BCUT2D eigenvalue weighted by Crippen LogP contribution is -2.32. The van der Waals surface area contributed by atoms with Crippen LogP contribution in [0, 0.1) is 0 Å². The Hall–Kier alpha value is -2.22. The minimum absolute atomic E-state index is 0.0117. The van der Waals surface area contributed by atoms with E-state index in [-0.39, 0.29) is 5.91 Å². The molecular weight excluding hydrogens is 454 g/mol. The normalized spacial score (nSPS) is 10.9. The van der Waals surface area contributed by atoms with Gasteiger partial charge in [0.2, 0.25) is 5.91 Å². The minimum Gasteiger partial charge on any atom is -0.281 e. The number of amides is 1. The first-order valence-corrected chi connectivity index (χ1v) is 11.2. The zero-order chi connectivity index (χ0) is 19.3. The van der Waals surface area contributed by atoms with Gasteiger partial charge in [-0.05, 0) is 42.5 Å². The number of fused-ring (bicyclic) bond motifs is 1. The van der Waals surface area contributed by atoms with E-state index in [1.807, 2.05) is 66.7 Å². The monoisotopic (exact) mass is 469 g/mol. The van der Waals surface area contributed by atoms with Crippen molar-refractivity contribution in [2.45, 2.75) is 11.4 Å². The molecule has 4 rings (SSSR count). The second kappa shape index (κ2) is 8.86. The summed E-state index contributed by atoms with van der Waals surface area (Å²) in [6.07, 6.45) is 1.74. The van der Waals surface area contributed by atoms with Crippen LogP contribution in [0.25, 0.3) is 10.2 Å². The summed E-state index contributed by atoms with van der Waals surface area (Å²) in [7, 11) is 0. The molecule has 0 aliphatic rings. The fraction of sp³-hybridized carbons (Fsp3) is 0.0952. The Kier molecular flexibility index (Phi) is 6.04. The van der Waals surface area contributed by atoms with E-state index in [4.69, 9.17) is 4.98 Å². The third-order valence-electron chi connectivity index (χ3n) is 4.02. The highest BCUT2D eigenvalue weighted by molar-refractivity contribution is 9.10. The Balaban J connectivity index is 1.61. The van der Waals surface area contributed by atoms with Crippen LogP contribution in [0.4, 0.5) is 5.13 Å². The molecular formula is C21H16BrN3OS2. The molecule has 4 aromatic rings. The molecule has 28 heavy (non-hydrogen) atoms. The van der Waals surface area contributed by atoms with Crippen molar-refractivity contribution in [1.82, 2.24) is 9.97 Å². The molecule has 0 bridgehead atoms. The number of carbonyl (C=O) groups excluding carboxylic acids is 1. The fourth-order valence-corrected chi connectivity index (χ4v) is 4.99. The van der Waals surface area contributed by atoms with Crippen LogP contribution in [0.15, 0.2) is 82.3 Å². The van der Waals surface area contributed by atoms with Crippen molar-refractivity contribution in [2.24, 2.45) is 0 Å². The first kappa shape index (κ1) is 19.1. The van der Waals surface area contributed by atoms with Gasteiger partial charge < -0.3 is 0 Å². The summed E-state index contributed by atoms with van der Waals surface area (Å²) in [5.41, 5.74) is 1.72. The first-order valence-electron chi connectivity index (χ1n) is 8.63. The maximum Gasteiger partial charge on any atom is 0.239 e. The van der Waals surface area contributed by atoms with Gasteiger partial charge >= 0.3 is 0 Å². The smallest absolute Gasteiger partial charge is 0.239 e. The van der Waals surface area contributed by atoms with E-state index < -0.39 is 0 Å². The molecule has 0 N–H and O–H groups in total. The Morgan fingerprint density at radius 1 is 1.07 bits per heavy atom. The Morgan fingerprint density at radius 3 is 2.68 bits per heavy atom. The molecule has 1 amide bonds. The molecule has 0 saturated carbocycles. The maximum atomic E-state index is 13.1. The molecule has 0 radical (unpaired) electrons. The highest BCUT2D eigenvalue weighted by atomic mass is 79.9. The molecule has 0 aliphatic carbocycles. The van der Waals surface area contributed by atoms with Crippen LogP contribution in [-0.2, 0) is 11.3 Å². The van der Waals surface area contributed by atoms with E-state index in [0.717, 1.165) is 25.3 Å². The molecule has 0 saturated heterocycles. The van der Waals surface area contributed by atoms with Gasteiger partial charge in [-0.15, -0.1) is 11.8 Å². The minimum atomic E-state index is 0.0117. The van der Waals surface area contributed by atoms with Crippen LogP contribution in [0.1, 0.15) is 5.69 Å². The van der Waals surface area contributed by atoms with Crippen molar-refractivity contribution in [2.75, 3.05) is 10.7 Å². The fourth-order valence-electron chi connectivity index (χ4n) is 2.66. The van der Waals surface area contributed by atoms with Crippen LogP contribution < -0.4 is 4.90 Å². The number of hydrogen-bond donors (Lipinski definition) is 0. The highest BCUT2D eigenvalue weighted by Gasteiger charge is 2.21. The SMILES string of the molecule is O=C(CSc1ccccc1)N(Cc1ccccn1)c1nc2ccc(Br)cc2s1. The second-order valence-electron chi connectivity index (χ2n) is 6.01. The number of aromatic nitrogens is 2. The predicted molar refractivity (Wildman–Crippen MR) is 120 cm³/mol. The van der Waals surface area contributed by atoms with Gasteiger partial charge in [0, 0.05) is 15.6 Å². The topological polar surface area (TPSA) is 46.1 Å². The second-order valence-corrected chi connectivity index (χ2v) is 8.98. The summed E-state index contributed by atoms with van der Waals surface area (Å²) < 4.78 is 2.04. The third-order valence-corrected chi connectivity index (χ3v) is 6.55. The van der Waals surface area contributed by atoms with Crippen LogP contribution in [0.5, 0.6) is 0 Å². The lowest BCUT2D eigenvalue weighted by atomic mass is 10.3. The third kappa shape index (κ3) is 4.60. The highest BCUT2D eigenvalue weighted by Crippen LogP contribution is 2.32. The number of rotatable bonds is 6. The number of benzene rings is 2. The summed E-state index contributed by atoms with van der Waals surface area (Å²) in [6.45, 7) is 0.399. The lowest BCUT2D eigenvalue weighted by molar-refractivity contribution is -0.116. The predicted octanol–water partition coefficient (Wildman–Crippen LogP) is 5.78. The van der Waals surface area contributed by atoms with Crippen LogP contribution in [-0.4, -0.2) is 21.6 Å². The van der Waals surface area contributed by atoms with Gasteiger partial charge in [0.05, 0.1) is 28.2 Å². The molecule has 0 spiro atoms. The largest absolute Gasteiger partial charge is 0.281 e. The Bertz CT molecular complexity index is 1090. The maximum absolute atomic E-state index is 13.1. The van der Waals surface area contributed by atoms with Crippen LogP contribution in [0.2, 0.25) is 0 Å². The van der Waals surface area contributed by atoms with Gasteiger partial charge in [-0.3, -0.25) is 14.7 Å². The number of thioether (sulfide) groups is 1. The summed E-state index contributed by atoms with van der Waals surface area (Å²) in [6, 6.07) is 21.6. The number of pyridine rings is 1. The Labute approximate surface area is 179 Å². The first-order chi connectivity index (χ1) is 13.7. The molecule has 140 valence electrons.